The Hall–Kier alpha value is -2.87. The number of ether oxygens (including phenoxy) is 1. The molecule has 4 aromatic rings. The van der Waals surface area contributed by atoms with E-state index in [1.165, 1.54) is 76.0 Å². The summed E-state index contributed by atoms with van der Waals surface area (Å²) in [4.78, 5) is 0. The van der Waals surface area contributed by atoms with Gasteiger partial charge in [-0.2, -0.15) is 4.57 Å². The van der Waals surface area contributed by atoms with E-state index >= 15 is 0 Å². The van der Waals surface area contributed by atoms with E-state index in [0.717, 1.165) is 17.4 Å². The first-order valence-corrected chi connectivity index (χ1v) is 10.8. The zero-order valence-corrected chi connectivity index (χ0v) is 17.2. The highest BCUT2D eigenvalue weighted by Crippen LogP contribution is 2.48. The molecule has 0 amide bonds. The Labute approximate surface area is 171 Å². The first-order chi connectivity index (χ1) is 14.2. The molecule has 1 saturated carbocycles. The number of aromatic nitrogens is 1. The molecule has 2 heterocycles. The Bertz CT molecular complexity index is 1280. The average molecular weight is 381 g/mol. The van der Waals surface area contributed by atoms with Crippen molar-refractivity contribution >= 4 is 21.5 Å². The Morgan fingerprint density at radius 3 is 2.69 bits per heavy atom. The van der Waals surface area contributed by atoms with E-state index in [2.05, 4.69) is 73.3 Å². The smallest absolute Gasteiger partial charge is 0.257 e. The lowest BCUT2D eigenvalue weighted by molar-refractivity contribution is -0.659. The summed E-state index contributed by atoms with van der Waals surface area (Å²) in [5.41, 5.74) is 5.24. The minimum absolute atomic E-state index is 0.848. The van der Waals surface area contributed by atoms with Gasteiger partial charge in [-0.25, -0.2) is 0 Å². The van der Waals surface area contributed by atoms with Crippen LogP contribution in [0.1, 0.15) is 36.8 Å². The summed E-state index contributed by atoms with van der Waals surface area (Å²) >= 11 is 0. The van der Waals surface area contributed by atoms with Gasteiger partial charge in [-0.05, 0) is 54.0 Å². The number of hydrogen-bond acceptors (Lipinski definition) is 1. The number of aryl methyl sites for hydroxylation is 2. The Kier molecular flexibility index (Phi) is 3.71. The summed E-state index contributed by atoms with van der Waals surface area (Å²) in [6.07, 6.45) is 9.00. The van der Waals surface area contributed by atoms with Crippen LogP contribution in [0, 0.1) is 12.8 Å². The number of rotatable bonds is 2. The summed E-state index contributed by atoms with van der Waals surface area (Å²) in [5, 5.41) is 4.95. The largest absolute Gasteiger partial charge is 0.449 e. The van der Waals surface area contributed by atoms with Crippen LogP contribution in [0.15, 0.2) is 54.7 Å². The van der Waals surface area contributed by atoms with Crippen molar-refractivity contribution in [1.29, 1.82) is 0 Å². The predicted octanol–water partition coefficient (Wildman–Crippen LogP) is 6.63. The van der Waals surface area contributed by atoms with Crippen LogP contribution in [0.5, 0.6) is 11.5 Å². The lowest BCUT2D eigenvalue weighted by Crippen LogP contribution is -2.32. The van der Waals surface area contributed by atoms with Crippen LogP contribution in [0.3, 0.4) is 0 Å². The topological polar surface area (TPSA) is 13.1 Å². The van der Waals surface area contributed by atoms with Crippen LogP contribution in [0.2, 0.25) is 0 Å². The molecule has 1 aliphatic carbocycles. The average Bonchev–Trinajstić information content (AvgIpc) is 3.24. The van der Waals surface area contributed by atoms with Gasteiger partial charge in [-0.15, -0.1) is 0 Å². The fourth-order valence-corrected chi connectivity index (χ4v) is 5.49. The molecule has 1 aromatic heterocycles. The fraction of sp³-hybridized carbons (Fsp3) is 0.296. The number of nitrogens with zero attached hydrogens (tertiary/aromatic N) is 1. The molecule has 2 nitrogen and oxygen atoms in total. The molecule has 6 rings (SSSR count). The zero-order valence-electron chi connectivity index (χ0n) is 17.2. The van der Waals surface area contributed by atoms with Crippen LogP contribution in [-0.2, 0) is 13.5 Å². The first-order valence-electron chi connectivity index (χ1n) is 10.8. The van der Waals surface area contributed by atoms with Crippen LogP contribution >= 0.6 is 0 Å². The molecule has 1 aliphatic heterocycles. The molecule has 0 spiro atoms. The van der Waals surface area contributed by atoms with Gasteiger partial charge in [0.15, 0.2) is 6.20 Å². The molecule has 144 valence electrons. The van der Waals surface area contributed by atoms with Gasteiger partial charge in [-0.1, -0.05) is 56.0 Å². The Balaban J connectivity index is 1.61. The molecule has 0 bridgehead atoms. The highest BCUT2D eigenvalue weighted by atomic mass is 16.5. The SMILES string of the molecule is Cc1ccc2cccc3c2c1-c1c(c2cc(CC4CCCC4)ccc2c[n+]1C)O3. The molecule has 1 fully saturated rings. The first kappa shape index (κ1) is 17.0. The Morgan fingerprint density at radius 2 is 1.83 bits per heavy atom. The van der Waals surface area contributed by atoms with Crippen LogP contribution in [0.4, 0.5) is 0 Å². The van der Waals surface area contributed by atoms with E-state index in [4.69, 9.17) is 4.74 Å². The second-order valence-electron chi connectivity index (χ2n) is 8.91. The highest BCUT2D eigenvalue weighted by Gasteiger charge is 2.31. The van der Waals surface area contributed by atoms with Crippen molar-refractivity contribution in [2.24, 2.45) is 13.0 Å². The number of hydrogen-bond donors (Lipinski definition) is 0. The second-order valence-corrected chi connectivity index (χ2v) is 8.91. The monoisotopic (exact) mass is 380 g/mol. The fourth-order valence-electron chi connectivity index (χ4n) is 5.49. The minimum atomic E-state index is 0.848. The summed E-state index contributed by atoms with van der Waals surface area (Å²) in [6.45, 7) is 2.21. The number of fused-ring (bicyclic) bond motifs is 4. The third-order valence-electron chi connectivity index (χ3n) is 6.93. The second kappa shape index (κ2) is 6.32. The minimum Gasteiger partial charge on any atom is -0.449 e. The summed E-state index contributed by atoms with van der Waals surface area (Å²) in [5.74, 6) is 2.83. The molecule has 0 unspecified atom stereocenters. The van der Waals surface area contributed by atoms with Gasteiger partial charge < -0.3 is 4.74 Å². The summed E-state index contributed by atoms with van der Waals surface area (Å²) in [6, 6.07) is 17.8. The predicted molar refractivity (Wildman–Crippen MR) is 119 cm³/mol. The third kappa shape index (κ3) is 2.58. The quantitative estimate of drug-likeness (QED) is 0.313. The van der Waals surface area contributed by atoms with E-state index in [9.17, 15) is 0 Å². The van der Waals surface area contributed by atoms with Crippen molar-refractivity contribution in [2.45, 2.75) is 39.0 Å². The van der Waals surface area contributed by atoms with E-state index in [1.807, 2.05) is 0 Å². The third-order valence-corrected chi connectivity index (χ3v) is 6.93. The van der Waals surface area contributed by atoms with Gasteiger partial charge in [-0.3, -0.25) is 0 Å². The standard InChI is InChI=1S/C27H26NO/c1-17-10-12-20-8-5-9-23-25(20)24(17)26-27(29-23)22-15-19(14-18-6-3-4-7-18)11-13-21(22)16-28(26)2/h5,8-13,15-16,18H,3-4,6-7,14H2,1-2H3/q+1. The van der Waals surface area contributed by atoms with E-state index < -0.39 is 0 Å². The lowest BCUT2D eigenvalue weighted by Gasteiger charge is -2.22. The summed E-state index contributed by atoms with van der Waals surface area (Å²) < 4.78 is 8.84. The maximum atomic E-state index is 6.60. The maximum absolute atomic E-state index is 6.60. The van der Waals surface area contributed by atoms with Gasteiger partial charge in [0.25, 0.3) is 5.69 Å². The molecule has 3 aromatic carbocycles. The lowest BCUT2D eigenvalue weighted by atomic mass is 9.91. The van der Waals surface area contributed by atoms with Gasteiger partial charge >= 0.3 is 0 Å². The van der Waals surface area contributed by atoms with Crippen molar-refractivity contribution < 1.29 is 9.30 Å². The molecule has 0 atom stereocenters. The van der Waals surface area contributed by atoms with Crippen molar-refractivity contribution in [3.63, 3.8) is 0 Å². The highest BCUT2D eigenvalue weighted by molar-refractivity contribution is 6.06. The van der Waals surface area contributed by atoms with Crippen LogP contribution < -0.4 is 9.30 Å². The van der Waals surface area contributed by atoms with Crippen LogP contribution in [0.25, 0.3) is 32.8 Å². The van der Waals surface area contributed by atoms with Gasteiger partial charge in [0, 0.05) is 16.2 Å². The van der Waals surface area contributed by atoms with Crippen molar-refractivity contribution in [1.82, 2.24) is 0 Å². The van der Waals surface area contributed by atoms with Gasteiger partial charge in [0.1, 0.15) is 12.8 Å². The normalized spacial score (nSPS) is 15.7. The molecule has 0 radical (unpaired) electrons. The molecule has 0 N–H and O–H groups in total. The molecule has 29 heavy (non-hydrogen) atoms. The maximum Gasteiger partial charge on any atom is 0.257 e. The van der Waals surface area contributed by atoms with E-state index in [1.54, 1.807) is 0 Å². The van der Waals surface area contributed by atoms with Crippen molar-refractivity contribution in [3.05, 3.63) is 65.9 Å². The number of pyridine rings is 1. The van der Waals surface area contributed by atoms with Crippen LogP contribution in [-0.4, -0.2) is 0 Å². The zero-order chi connectivity index (χ0) is 19.5. The van der Waals surface area contributed by atoms with Crippen molar-refractivity contribution in [3.8, 4) is 22.8 Å². The number of benzene rings is 3. The van der Waals surface area contributed by atoms with Gasteiger partial charge in [0.2, 0.25) is 5.75 Å². The van der Waals surface area contributed by atoms with E-state index in [0.29, 0.717) is 0 Å². The summed E-state index contributed by atoms with van der Waals surface area (Å²) in [7, 11) is 2.14. The molecule has 2 heteroatoms. The van der Waals surface area contributed by atoms with Crippen molar-refractivity contribution in [2.75, 3.05) is 0 Å². The molecular formula is C27H26NO+. The molecule has 0 saturated heterocycles. The van der Waals surface area contributed by atoms with E-state index in [-0.39, 0.29) is 0 Å². The molecular weight excluding hydrogens is 354 g/mol. The molecule has 2 aliphatic rings. The Morgan fingerprint density at radius 1 is 1.00 bits per heavy atom. The van der Waals surface area contributed by atoms with Gasteiger partial charge in [0.05, 0.1) is 5.56 Å².